The van der Waals surface area contributed by atoms with Gasteiger partial charge in [-0.05, 0) is 29.7 Å². The number of hydrogen-bond acceptors (Lipinski definition) is 4. The normalized spacial score (nSPS) is 13.6. The van der Waals surface area contributed by atoms with Crippen molar-refractivity contribution >= 4 is 11.9 Å². The lowest BCUT2D eigenvalue weighted by atomic mass is 9.99. The molecule has 0 N–H and O–H groups in total. The summed E-state index contributed by atoms with van der Waals surface area (Å²) in [7, 11) is 0. The molecule has 0 fully saturated rings. The van der Waals surface area contributed by atoms with E-state index >= 15 is 0 Å². The third kappa shape index (κ3) is 2.79. The molecule has 0 spiro atoms. The summed E-state index contributed by atoms with van der Waals surface area (Å²) in [6.07, 6.45) is 0.102. The Morgan fingerprint density at radius 3 is 2.67 bits per heavy atom. The lowest BCUT2D eigenvalue weighted by Gasteiger charge is -2.18. The lowest BCUT2D eigenvalue weighted by molar-refractivity contribution is -0.137. The number of carbonyl (C=O) groups is 2. The lowest BCUT2D eigenvalue weighted by Crippen LogP contribution is -2.24. The van der Waals surface area contributed by atoms with Crippen molar-refractivity contribution in [2.75, 3.05) is 0 Å². The van der Waals surface area contributed by atoms with E-state index in [1.165, 1.54) is 0 Å². The highest BCUT2D eigenvalue weighted by Crippen LogP contribution is 2.29. The van der Waals surface area contributed by atoms with Crippen LogP contribution in [0, 0.1) is 6.92 Å². The maximum atomic E-state index is 11.9. The minimum Gasteiger partial charge on any atom is -0.488 e. The first-order valence-corrected chi connectivity index (χ1v) is 6.69. The Morgan fingerprint density at radius 1 is 1.14 bits per heavy atom. The molecule has 0 saturated heterocycles. The summed E-state index contributed by atoms with van der Waals surface area (Å²) in [5.74, 6) is -0.692. The van der Waals surface area contributed by atoms with E-state index in [-0.39, 0.29) is 6.42 Å². The Balaban J connectivity index is 1.92. The van der Waals surface area contributed by atoms with E-state index in [0.29, 0.717) is 23.5 Å². The van der Waals surface area contributed by atoms with Crippen LogP contribution in [-0.2, 0) is 22.6 Å². The highest BCUT2D eigenvalue weighted by Gasteiger charge is 2.28. The third-order valence-corrected chi connectivity index (χ3v) is 3.31. The van der Waals surface area contributed by atoms with E-state index in [1.807, 2.05) is 43.3 Å². The molecule has 4 nitrogen and oxygen atoms in total. The second-order valence-electron chi connectivity index (χ2n) is 5.01. The van der Waals surface area contributed by atoms with Gasteiger partial charge in [0.2, 0.25) is 0 Å². The van der Waals surface area contributed by atoms with Gasteiger partial charge >= 0.3 is 11.9 Å². The van der Waals surface area contributed by atoms with Crippen LogP contribution in [0.4, 0.5) is 0 Å². The summed E-state index contributed by atoms with van der Waals surface area (Å²) in [6.45, 7) is 2.26. The minimum absolute atomic E-state index is 0.102. The van der Waals surface area contributed by atoms with Gasteiger partial charge < -0.3 is 9.47 Å². The van der Waals surface area contributed by atoms with Crippen LogP contribution < -0.4 is 4.74 Å². The fraction of sp³-hybridized carbons (Fsp3) is 0.176. The van der Waals surface area contributed by atoms with Crippen LogP contribution in [-0.4, -0.2) is 11.9 Å². The van der Waals surface area contributed by atoms with Gasteiger partial charge in [-0.3, -0.25) is 4.79 Å². The molecule has 0 unspecified atom stereocenters. The number of fused-ring (bicyclic) bond motifs is 1. The molecule has 0 atom stereocenters. The number of rotatable bonds is 3. The third-order valence-electron chi connectivity index (χ3n) is 3.31. The Bertz CT molecular complexity index is 704. The van der Waals surface area contributed by atoms with Gasteiger partial charge in [0.05, 0.1) is 6.42 Å². The van der Waals surface area contributed by atoms with E-state index in [0.717, 1.165) is 11.1 Å². The Morgan fingerprint density at radius 2 is 1.90 bits per heavy atom. The van der Waals surface area contributed by atoms with Crippen molar-refractivity contribution in [3.05, 3.63) is 64.7 Å². The molecule has 0 aromatic heterocycles. The average molecular weight is 282 g/mol. The maximum Gasteiger partial charge on any atom is 0.349 e. The Kier molecular flexibility index (Phi) is 3.44. The zero-order chi connectivity index (χ0) is 14.8. The highest BCUT2D eigenvalue weighted by molar-refractivity contribution is 6.04. The second kappa shape index (κ2) is 5.40. The number of hydrogen-bond donors (Lipinski definition) is 0. The first kappa shape index (κ1) is 13.4. The summed E-state index contributed by atoms with van der Waals surface area (Å²) in [5, 5.41) is 0. The molecule has 2 aromatic rings. The molecule has 1 aliphatic rings. The number of benzene rings is 2. The molecular formula is C17H14O4. The highest BCUT2D eigenvalue weighted by atomic mass is 16.6. The van der Waals surface area contributed by atoms with Crippen LogP contribution >= 0.6 is 0 Å². The number of esters is 2. The van der Waals surface area contributed by atoms with Crippen molar-refractivity contribution in [1.29, 1.82) is 0 Å². The number of carbonyl (C=O) groups excluding carboxylic acids is 2. The summed E-state index contributed by atoms with van der Waals surface area (Å²) in [4.78, 5) is 23.3. The molecule has 106 valence electrons. The summed E-state index contributed by atoms with van der Waals surface area (Å²) < 4.78 is 10.5. The van der Waals surface area contributed by atoms with Gasteiger partial charge in [-0.25, -0.2) is 4.79 Å². The number of cyclic esters (lactones) is 2. The van der Waals surface area contributed by atoms with Gasteiger partial charge in [-0.2, -0.15) is 0 Å². The zero-order valence-electron chi connectivity index (χ0n) is 11.6. The van der Waals surface area contributed by atoms with Crippen LogP contribution in [0.5, 0.6) is 5.75 Å². The summed E-state index contributed by atoms with van der Waals surface area (Å²) in [5.41, 5.74) is 2.97. The Labute approximate surface area is 122 Å². The van der Waals surface area contributed by atoms with Crippen molar-refractivity contribution in [3.8, 4) is 5.75 Å². The van der Waals surface area contributed by atoms with Crippen molar-refractivity contribution in [1.82, 2.24) is 0 Å². The molecule has 21 heavy (non-hydrogen) atoms. The number of aryl methyl sites for hydroxylation is 1. The SMILES string of the molecule is Cc1cc2c(c(OCc3ccccc3)c1)C(=O)OC(=O)C2. The van der Waals surface area contributed by atoms with E-state index in [2.05, 4.69) is 4.74 Å². The van der Waals surface area contributed by atoms with E-state index in [4.69, 9.17) is 4.74 Å². The molecule has 0 bridgehead atoms. The molecule has 0 aliphatic carbocycles. The van der Waals surface area contributed by atoms with E-state index < -0.39 is 11.9 Å². The van der Waals surface area contributed by atoms with Crippen molar-refractivity contribution in [2.24, 2.45) is 0 Å². The molecule has 3 rings (SSSR count). The van der Waals surface area contributed by atoms with Crippen LogP contribution in [0.2, 0.25) is 0 Å². The van der Waals surface area contributed by atoms with Crippen molar-refractivity contribution in [2.45, 2.75) is 20.0 Å². The first-order valence-electron chi connectivity index (χ1n) is 6.69. The van der Waals surface area contributed by atoms with Crippen LogP contribution in [0.3, 0.4) is 0 Å². The molecule has 1 aliphatic heterocycles. The summed E-state index contributed by atoms with van der Waals surface area (Å²) >= 11 is 0. The van der Waals surface area contributed by atoms with E-state index in [9.17, 15) is 9.59 Å². The first-order chi connectivity index (χ1) is 10.1. The van der Waals surface area contributed by atoms with Gasteiger partial charge in [0.25, 0.3) is 0 Å². The fourth-order valence-corrected chi connectivity index (χ4v) is 2.39. The summed E-state index contributed by atoms with van der Waals surface area (Å²) in [6, 6.07) is 13.3. The molecule has 0 saturated carbocycles. The average Bonchev–Trinajstić information content (AvgIpc) is 2.44. The van der Waals surface area contributed by atoms with Crippen molar-refractivity contribution in [3.63, 3.8) is 0 Å². The molecule has 1 heterocycles. The fourth-order valence-electron chi connectivity index (χ4n) is 2.39. The minimum atomic E-state index is -0.635. The van der Waals surface area contributed by atoms with Crippen LogP contribution in [0.15, 0.2) is 42.5 Å². The van der Waals surface area contributed by atoms with Gasteiger partial charge in [0.15, 0.2) is 0 Å². The molecular weight excluding hydrogens is 268 g/mol. The molecule has 0 radical (unpaired) electrons. The standard InChI is InChI=1S/C17H14O4/c1-11-7-13-9-15(18)21-17(19)16(13)14(8-11)20-10-12-5-3-2-4-6-12/h2-8H,9-10H2,1H3. The monoisotopic (exact) mass is 282 g/mol. The Hall–Kier alpha value is -2.62. The predicted octanol–water partition coefficient (Wildman–Crippen LogP) is 2.81. The smallest absolute Gasteiger partial charge is 0.349 e. The zero-order valence-corrected chi connectivity index (χ0v) is 11.6. The predicted molar refractivity (Wildman–Crippen MR) is 76.1 cm³/mol. The molecule has 0 amide bonds. The second-order valence-corrected chi connectivity index (χ2v) is 5.01. The van der Waals surface area contributed by atoms with E-state index in [1.54, 1.807) is 6.07 Å². The molecule has 4 heteroatoms. The molecule has 2 aromatic carbocycles. The van der Waals surface area contributed by atoms with Gasteiger partial charge in [0.1, 0.15) is 17.9 Å². The quantitative estimate of drug-likeness (QED) is 0.641. The van der Waals surface area contributed by atoms with Crippen LogP contribution in [0.1, 0.15) is 27.0 Å². The maximum absolute atomic E-state index is 11.9. The van der Waals surface area contributed by atoms with Crippen molar-refractivity contribution < 1.29 is 19.1 Å². The van der Waals surface area contributed by atoms with Gasteiger partial charge in [-0.1, -0.05) is 36.4 Å². The van der Waals surface area contributed by atoms with Crippen LogP contribution in [0.25, 0.3) is 0 Å². The topological polar surface area (TPSA) is 52.6 Å². The largest absolute Gasteiger partial charge is 0.488 e. The van der Waals surface area contributed by atoms with Gasteiger partial charge in [-0.15, -0.1) is 0 Å². The number of ether oxygens (including phenoxy) is 2. The van der Waals surface area contributed by atoms with Gasteiger partial charge in [0, 0.05) is 0 Å².